The lowest BCUT2D eigenvalue weighted by Gasteiger charge is -2.30. The van der Waals surface area contributed by atoms with Gasteiger partial charge in [0.05, 0.1) is 30.3 Å². The number of halogens is 1. The van der Waals surface area contributed by atoms with E-state index in [2.05, 4.69) is 50.0 Å². The predicted molar refractivity (Wildman–Crippen MR) is 123 cm³/mol. The highest BCUT2D eigenvalue weighted by Gasteiger charge is 2.18. The molecule has 3 heterocycles. The van der Waals surface area contributed by atoms with Gasteiger partial charge in [0, 0.05) is 27.8 Å². The lowest BCUT2D eigenvalue weighted by molar-refractivity contribution is -0.113. The van der Waals surface area contributed by atoms with Gasteiger partial charge in [-0.1, -0.05) is 27.7 Å². The number of thiophene rings is 1. The topological polar surface area (TPSA) is 67.4 Å². The zero-order chi connectivity index (χ0) is 20.4. The van der Waals surface area contributed by atoms with Crippen LogP contribution in [0.3, 0.4) is 0 Å². The zero-order valence-electron chi connectivity index (χ0n) is 16.2. The highest BCUT2D eigenvalue weighted by molar-refractivity contribution is 9.10. The number of fused-ring (bicyclic) bond motifs is 1. The summed E-state index contributed by atoms with van der Waals surface area (Å²) in [7, 11) is 0. The molecule has 1 amide bonds. The van der Waals surface area contributed by atoms with Crippen LogP contribution in [0.4, 0.5) is 11.4 Å². The molecule has 0 atom stereocenters. The molecular formula is C20H21BrN4O2S2. The molecule has 1 aliphatic rings. The number of hydrogen-bond acceptors (Lipinski definition) is 7. The number of aromatic nitrogens is 2. The molecule has 0 saturated carbocycles. The second-order valence-corrected chi connectivity index (χ2v) is 9.82. The van der Waals surface area contributed by atoms with Crippen molar-refractivity contribution in [3.8, 4) is 0 Å². The van der Waals surface area contributed by atoms with Crippen molar-refractivity contribution in [3.05, 3.63) is 39.4 Å². The number of nitrogens with one attached hydrogen (secondary N) is 1. The van der Waals surface area contributed by atoms with Gasteiger partial charge in [-0.2, -0.15) is 0 Å². The highest BCUT2D eigenvalue weighted by Crippen LogP contribution is 2.35. The van der Waals surface area contributed by atoms with Gasteiger partial charge in [-0.25, -0.2) is 9.97 Å². The predicted octanol–water partition coefficient (Wildman–Crippen LogP) is 4.64. The molecule has 2 aromatic heterocycles. The Morgan fingerprint density at radius 2 is 2.10 bits per heavy atom. The Morgan fingerprint density at radius 1 is 1.31 bits per heavy atom. The molecule has 9 heteroatoms. The number of carbonyl (C=O) groups is 1. The molecule has 1 saturated heterocycles. The Kier molecular flexibility index (Phi) is 6.38. The third-order valence-corrected chi connectivity index (χ3v) is 7.45. The van der Waals surface area contributed by atoms with E-state index in [4.69, 9.17) is 4.74 Å². The van der Waals surface area contributed by atoms with Crippen molar-refractivity contribution >= 4 is 66.5 Å². The molecule has 1 aliphatic heterocycles. The normalized spacial score (nSPS) is 14.4. The number of benzene rings is 1. The van der Waals surface area contributed by atoms with Crippen LogP contribution in [0.2, 0.25) is 0 Å². The van der Waals surface area contributed by atoms with E-state index in [1.54, 1.807) is 17.7 Å². The second-order valence-electron chi connectivity index (χ2n) is 6.74. The van der Waals surface area contributed by atoms with Gasteiger partial charge in [-0.05, 0) is 37.6 Å². The summed E-state index contributed by atoms with van der Waals surface area (Å²) in [4.78, 5) is 25.9. The van der Waals surface area contributed by atoms with Gasteiger partial charge in [0.2, 0.25) is 5.91 Å². The molecule has 0 bridgehead atoms. The minimum atomic E-state index is -0.0565. The maximum Gasteiger partial charge on any atom is 0.234 e. The number of anilines is 2. The van der Waals surface area contributed by atoms with Crippen LogP contribution in [0, 0.1) is 13.8 Å². The first-order chi connectivity index (χ1) is 14.0. The Labute approximate surface area is 186 Å². The van der Waals surface area contributed by atoms with Crippen molar-refractivity contribution in [1.29, 1.82) is 0 Å². The van der Waals surface area contributed by atoms with Crippen molar-refractivity contribution < 1.29 is 9.53 Å². The number of amides is 1. The molecule has 0 aliphatic carbocycles. The monoisotopic (exact) mass is 492 g/mol. The standard InChI is InChI=1S/C20H21BrN4O2S2/c1-12-13(2)29-20-18(12)19(22-11-23-20)28-10-17(26)24-15-9-14(21)3-4-16(15)25-5-7-27-8-6-25/h3-4,9,11H,5-8,10H2,1-2H3,(H,24,26). The highest BCUT2D eigenvalue weighted by atomic mass is 79.9. The first-order valence-electron chi connectivity index (χ1n) is 9.28. The van der Waals surface area contributed by atoms with Crippen molar-refractivity contribution in [3.63, 3.8) is 0 Å². The Morgan fingerprint density at radius 3 is 2.90 bits per heavy atom. The summed E-state index contributed by atoms with van der Waals surface area (Å²) in [6, 6.07) is 5.97. The maximum absolute atomic E-state index is 12.7. The van der Waals surface area contributed by atoms with Crippen LogP contribution in [-0.4, -0.2) is 47.9 Å². The minimum Gasteiger partial charge on any atom is -0.378 e. The summed E-state index contributed by atoms with van der Waals surface area (Å²) in [5.74, 6) is 0.231. The smallest absolute Gasteiger partial charge is 0.234 e. The Hall–Kier alpha value is -1.68. The van der Waals surface area contributed by atoms with E-state index in [1.165, 1.54) is 22.2 Å². The van der Waals surface area contributed by atoms with Crippen LogP contribution in [0.25, 0.3) is 10.2 Å². The van der Waals surface area contributed by atoms with Gasteiger partial charge in [0.15, 0.2) is 0 Å². The van der Waals surface area contributed by atoms with E-state index in [-0.39, 0.29) is 11.7 Å². The van der Waals surface area contributed by atoms with E-state index < -0.39 is 0 Å². The molecule has 6 nitrogen and oxygen atoms in total. The quantitative estimate of drug-likeness (QED) is 0.413. The molecule has 4 rings (SSSR count). The Balaban J connectivity index is 1.49. The average molecular weight is 493 g/mol. The molecule has 0 spiro atoms. The van der Waals surface area contributed by atoms with Crippen molar-refractivity contribution in [1.82, 2.24) is 9.97 Å². The van der Waals surface area contributed by atoms with E-state index in [0.29, 0.717) is 13.2 Å². The number of thioether (sulfide) groups is 1. The van der Waals surface area contributed by atoms with Crippen LogP contribution in [0.1, 0.15) is 10.4 Å². The van der Waals surface area contributed by atoms with E-state index in [0.717, 1.165) is 44.2 Å². The molecule has 3 aromatic rings. The lowest BCUT2D eigenvalue weighted by Crippen LogP contribution is -2.36. The van der Waals surface area contributed by atoms with Crippen LogP contribution in [0.5, 0.6) is 0 Å². The number of morpholine rings is 1. The zero-order valence-corrected chi connectivity index (χ0v) is 19.4. The molecular weight excluding hydrogens is 472 g/mol. The summed E-state index contributed by atoms with van der Waals surface area (Å²) < 4.78 is 6.38. The maximum atomic E-state index is 12.7. The first kappa shape index (κ1) is 20.6. The molecule has 1 aromatic carbocycles. The second kappa shape index (κ2) is 8.99. The molecule has 0 radical (unpaired) electrons. The number of nitrogens with zero attached hydrogens (tertiary/aromatic N) is 3. The summed E-state index contributed by atoms with van der Waals surface area (Å²) in [5.41, 5.74) is 3.01. The summed E-state index contributed by atoms with van der Waals surface area (Å²) in [6.07, 6.45) is 1.57. The van der Waals surface area contributed by atoms with Gasteiger partial charge in [-0.15, -0.1) is 11.3 Å². The van der Waals surface area contributed by atoms with E-state index >= 15 is 0 Å². The summed E-state index contributed by atoms with van der Waals surface area (Å²) in [5, 5.41) is 4.99. The van der Waals surface area contributed by atoms with Crippen LogP contribution in [0.15, 0.2) is 34.0 Å². The SMILES string of the molecule is Cc1sc2ncnc(SCC(=O)Nc3cc(Br)ccc3N3CCOCC3)c2c1C. The number of aryl methyl sites for hydroxylation is 2. The molecule has 29 heavy (non-hydrogen) atoms. The van der Waals surface area contributed by atoms with Crippen molar-refractivity contribution in [2.45, 2.75) is 18.9 Å². The van der Waals surface area contributed by atoms with E-state index in [9.17, 15) is 4.79 Å². The molecule has 0 unspecified atom stereocenters. The van der Waals surface area contributed by atoms with Gasteiger partial charge < -0.3 is 15.0 Å². The largest absolute Gasteiger partial charge is 0.378 e. The van der Waals surface area contributed by atoms with Gasteiger partial charge in [-0.3, -0.25) is 4.79 Å². The minimum absolute atomic E-state index is 0.0565. The molecule has 1 fully saturated rings. The summed E-state index contributed by atoms with van der Waals surface area (Å²) in [6.45, 7) is 7.19. The molecule has 152 valence electrons. The lowest BCUT2D eigenvalue weighted by atomic mass is 10.2. The van der Waals surface area contributed by atoms with Crippen molar-refractivity contribution in [2.75, 3.05) is 42.3 Å². The number of carbonyl (C=O) groups excluding carboxylic acids is 1. The fourth-order valence-electron chi connectivity index (χ4n) is 3.27. The average Bonchev–Trinajstić information content (AvgIpc) is 3.01. The van der Waals surface area contributed by atoms with Gasteiger partial charge >= 0.3 is 0 Å². The summed E-state index contributed by atoms with van der Waals surface area (Å²) >= 11 is 6.62. The fraction of sp³-hybridized carbons (Fsp3) is 0.350. The van der Waals surface area contributed by atoms with Gasteiger partial charge in [0.1, 0.15) is 16.2 Å². The number of rotatable bonds is 5. The molecule has 1 N–H and O–H groups in total. The third kappa shape index (κ3) is 4.58. The Bertz CT molecular complexity index is 1050. The van der Waals surface area contributed by atoms with Crippen LogP contribution in [-0.2, 0) is 9.53 Å². The van der Waals surface area contributed by atoms with Gasteiger partial charge in [0.25, 0.3) is 0 Å². The van der Waals surface area contributed by atoms with Crippen LogP contribution >= 0.6 is 39.0 Å². The number of ether oxygens (including phenoxy) is 1. The fourth-order valence-corrected chi connectivity index (χ4v) is 5.55. The van der Waals surface area contributed by atoms with Crippen LogP contribution < -0.4 is 10.2 Å². The first-order valence-corrected chi connectivity index (χ1v) is 11.9. The van der Waals surface area contributed by atoms with Crippen molar-refractivity contribution in [2.24, 2.45) is 0 Å². The number of hydrogen-bond donors (Lipinski definition) is 1. The third-order valence-electron chi connectivity index (χ3n) is 4.86. The van der Waals surface area contributed by atoms with E-state index in [1.807, 2.05) is 18.2 Å².